The fraction of sp³-hybridized carbons (Fsp3) is 0.167. The predicted octanol–water partition coefficient (Wildman–Crippen LogP) is 2.74. The van der Waals surface area contributed by atoms with Crippen LogP contribution >= 0.6 is 15.9 Å². The van der Waals surface area contributed by atoms with Crippen LogP contribution < -0.4 is 5.32 Å². The van der Waals surface area contributed by atoms with Gasteiger partial charge in [-0.3, -0.25) is 9.48 Å². The number of hydrogen-bond donors (Lipinski definition) is 1. The Hall–Kier alpha value is -1.62. The molecule has 0 aliphatic carbocycles. The van der Waals surface area contributed by atoms with E-state index in [0.29, 0.717) is 11.4 Å². The molecule has 2 aromatic rings. The van der Waals surface area contributed by atoms with E-state index < -0.39 is 0 Å². The minimum absolute atomic E-state index is 0.145. The molecule has 0 saturated carbocycles. The maximum Gasteiger partial charge on any atom is 0.257 e. The van der Waals surface area contributed by atoms with Crippen molar-refractivity contribution in [1.82, 2.24) is 9.78 Å². The van der Waals surface area contributed by atoms with Gasteiger partial charge in [-0.25, -0.2) is 0 Å². The van der Waals surface area contributed by atoms with Crippen LogP contribution in [0.5, 0.6) is 0 Å². The first-order valence-electron chi connectivity index (χ1n) is 5.13. The summed E-state index contributed by atoms with van der Waals surface area (Å²) >= 11 is 3.37. The molecule has 88 valence electrons. The molecule has 1 aromatic heterocycles. The molecular formula is C12H12BrN3O. The van der Waals surface area contributed by atoms with Gasteiger partial charge in [-0.05, 0) is 30.7 Å². The van der Waals surface area contributed by atoms with Crippen LogP contribution in [0.25, 0.3) is 0 Å². The van der Waals surface area contributed by atoms with Crippen molar-refractivity contribution in [3.05, 3.63) is 46.1 Å². The van der Waals surface area contributed by atoms with E-state index in [4.69, 9.17) is 0 Å². The molecule has 1 amide bonds. The van der Waals surface area contributed by atoms with Crippen LogP contribution in [-0.4, -0.2) is 15.7 Å². The zero-order chi connectivity index (χ0) is 12.4. The van der Waals surface area contributed by atoms with Crippen molar-refractivity contribution >= 4 is 27.7 Å². The van der Waals surface area contributed by atoms with Crippen molar-refractivity contribution in [2.75, 3.05) is 5.32 Å². The van der Waals surface area contributed by atoms with Gasteiger partial charge in [-0.1, -0.05) is 15.9 Å². The Labute approximate surface area is 108 Å². The molecular weight excluding hydrogens is 282 g/mol. The summed E-state index contributed by atoms with van der Waals surface area (Å²) in [7, 11) is 1.81. The second kappa shape index (κ2) is 4.71. The first kappa shape index (κ1) is 11.9. The van der Waals surface area contributed by atoms with Crippen molar-refractivity contribution in [2.45, 2.75) is 6.92 Å². The van der Waals surface area contributed by atoms with Crippen LogP contribution in [0.1, 0.15) is 15.9 Å². The van der Waals surface area contributed by atoms with Gasteiger partial charge in [0.1, 0.15) is 0 Å². The first-order chi connectivity index (χ1) is 8.06. The molecule has 1 N–H and O–H groups in total. The van der Waals surface area contributed by atoms with Gasteiger partial charge in [0.25, 0.3) is 5.91 Å². The van der Waals surface area contributed by atoms with Crippen LogP contribution in [0.15, 0.2) is 34.9 Å². The quantitative estimate of drug-likeness (QED) is 0.925. The lowest BCUT2D eigenvalue weighted by molar-refractivity contribution is 0.102. The lowest BCUT2D eigenvalue weighted by Crippen LogP contribution is -2.13. The zero-order valence-corrected chi connectivity index (χ0v) is 11.2. The number of amides is 1. The summed E-state index contributed by atoms with van der Waals surface area (Å²) in [5.74, 6) is 0.411. The number of nitrogens with zero attached hydrogens (tertiary/aromatic N) is 2. The molecule has 1 aromatic carbocycles. The second-order valence-corrected chi connectivity index (χ2v) is 4.70. The fourth-order valence-electron chi connectivity index (χ4n) is 1.55. The van der Waals surface area contributed by atoms with Crippen LogP contribution in [0.4, 0.5) is 5.82 Å². The number of aromatic nitrogens is 2. The monoisotopic (exact) mass is 293 g/mol. The number of benzene rings is 1. The SMILES string of the molecule is Cc1cc(Br)ccc1C(=O)Nc1ccn(C)n1. The van der Waals surface area contributed by atoms with Gasteiger partial charge in [-0.2, -0.15) is 5.10 Å². The maximum atomic E-state index is 12.0. The third-order valence-electron chi connectivity index (χ3n) is 2.39. The van der Waals surface area contributed by atoms with Crippen LogP contribution in [0.2, 0.25) is 0 Å². The van der Waals surface area contributed by atoms with E-state index in [1.54, 1.807) is 30.1 Å². The maximum absolute atomic E-state index is 12.0. The van der Waals surface area contributed by atoms with Gasteiger partial charge in [0.15, 0.2) is 5.82 Å². The van der Waals surface area contributed by atoms with Crippen molar-refractivity contribution in [1.29, 1.82) is 0 Å². The van der Waals surface area contributed by atoms with Gasteiger partial charge in [-0.15, -0.1) is 0 Å². The average molecular weight is 294 g/mol. The largest absolute Gasteiger partial charge is 0.305 e. The highest BCUT2D eigenvalue weighted by Gasteiger charge is 2.10. The second-order valence-electron chi connectivity index (χ2n) is 3.79. The molecule has 0 unspecified atom stereocenters. The Bertz CT molecular complexity index is 563. The zero-order valence-electron chi connectivity index (χ0n) is 9.57. The third-order valence-corrected chi connectivity index (χ3v) is 2.88. The molecule has 0 bridgehead atoms. The summed E-state index contributed by atoms with van der Waals surface area (Å²) in [5.41, 5.74) is 1.58. The number of carbonyl (C=O) groups is 1. The predicted molar refractivity (Wildman–Crippen MR) is 70.0 cm³/mol. The molecule has 0 radical (unpaired) electrons. The van der Waals surface area contributed by atoms with E-state index in [1.807, 2.05) is 19.1 Å². The van der Waals surface area contributed by atoms with Crippen molar-refractivity contribution in [2.24, 2.45) is 7.05 Å². The Kier molecular flexibility index (Phi) is 3.28. The van der Waals surface area contributed by atoms with E-state index >= 15 is 0 Å². The summed E-state index contributed by atoms with van der Waals surface area (Å²) in [6.45, 7) is 1.90. The van der Waals surface area contributed by atoms with E-state index in [-0.39, 0.29) is 5.91 Å². The van der Waals surface area contributed by atoms with Crippen molar-refractivity contribution < 1.29 is 4.79 Å². The van der Waals surface area contributed by atoms with Gasteiger partial charge >= 0.3 is 0 Å². The molecule has 2 rings (SSSR count). The topological polar surface area (TPSA) is 46.9 Å². The third kappa shape index (κ3) is 2.74. The van der Waals surface area contributed by atoms with E-state index in [0.717, 1.165) is 10.0 Å². The highest BCUT2D eigenvalue weighted by atomic mass is 79.9. The standard InChI is InChI=1S/C12H12BrN3O/c1-8-7-9(13)3-4-10(8)12(17)14-11-5-6-16(2)15-11/h3-7H,1-2H3,(H,14,15,17). The fourth-order valence-corrected chi connectivity index (χ4v) is 2.02. The van der Waals surface area contributed by atoms with Crippen molar-refractivity contribution in [3.8, 4) is 0 Å². The minimum atomic E-state index is -0.145. The van der Waals surface area contributed by atoms with E-state index in [9.17, 15) is 4.79 Å². The molecule has 0 atom stereocenters. The molecule has 4 nitrogen and oxygen atoms in total. The summed E-state index contributed by atoms with van der Waals surface area (Å²) in [4.78, 5) is 12.0. The number of rotatable bonds is 2. The molecule has 17 heavy (non-hydrogen) atoms. The summed E-state index contributed by atoms with van der Waals surface area (Å²) in [6.07, 6.45) is 1.78. The Morgan fingerprint density at radius 3 is 2.76 bits per heavy atom. The number of halogens is 1. The molecule has 0 saturated heterocycles. The normalized spacial score (nSPS) is 10.3. The smallest absolute Gasteiger partial charge is 0.257 e. The van der Waals surface area contributed by atoms with Gasteiger partial charge in [0.2, 0.25) is 0 Å². The number of carbonyl (C=O) groups excluding carboxylic acids is 1. The number of aryl methyl sites for hydroxylation is 2. The first-order valence-corrected chi connectivity index (χ1v) is 5.93. The van der Waals surface area contributed by atoms with Gasteiger partial charge in [0, 0.05) is 29.3 Å². The summed E-state index contributed by atoms with van der Waals surface area (Å²) in [5, 5.41) is 6.85. The average Bonchev–Trinajstić information content (AvgIpc) is 2.63. The number of anilines is 1. The molecule has 0 spiro atoms. The van der Waals surface area contributed by atoms with Gasteiger partial charge in [0.05, 0.1) is 0 Å². The van der Waals surface area contributed by atoms with Gasteiger partial charge < -0.3 is 5.32 Å². The summed E-state index contributed by atoms with van der Waals surface area (Å²) < 4.78 is 2.61. The molecule has 0 aliphatic rings. The molecule has 1 heterocycles. The number of hydrogen-bond acceptors (Lipinski definition) is 2. The highest BCUT2D eigenvalue weighted by Crippen LogP contribution is 2.16. The van der Waals surface area contributed by atoms with Crippen LogP contribution in [0.3, 0.4) is 0 Å². The van der Waals surface area contributed by atoms with E-state index in [1.165, 1.54) is 0 Å². The number of nitrogens with one attached hydrogen (secondary N) is 1. The Morgan fingerprint density at radius 1 is 1.41 bits per heavy atom. The Balaban J connectivity index is 2.20. The lowest BCUT2D eigenvalue weighted by Gasteiger charge is -2.05. The Morgan fingerprint density at radius 2 is 2.18 bits per heavy atom. The molecule has 0 aliphatic heterocycles. The lowest BCUT2D eigenvalue weighted by atomic mass is 10.1. The van der Waals surface area contributed by atoms with Crippen LogP contribution in [0, 0.1) is 6.92 Å². The summed E-state index contributed by atoms with van der Waals surface area (Å²) in [6, 6.07) is 7.30. The molecule has 5 heteroatoms. The highest BCUT2D eigenvalue weighted by molar-refractivity contribution is 9.10. The van der Waals surface area contributed by atoms with E-state index in [2.05, 4.69) is 26.3 Å². The minimum Gasteiger partial charge on any atom is -0.305 e. The molecule has 0 fully saturated rings. The van der Waals surface area contributed by atoms with Crippen LogP contribution in [-0.2, 0) is 7.05 Å². The van der Waals surface area contributed by atoms with Crippen molar-refractivity contribution in [3.63, 3.8) is 0 Å².